The molecule has 2 rings (SSSR count). The molecule has 0 aliphatic carbocycles. The summed E-state index contributed by atoms with van der Waals surface area (Å²) in [5.74, 6) is 0. The van der Waals surface area contributed by atoms with Crippen LogP contribution in [0.4, 0.5) is 0 Å². The molecule has 2 heterocycles. The summed E-state index contributed by atoms with van der Waals surface area (Å²) in [5.41, 5.74) is 1.30. The summed E-state index contributed by atoms with van der Waals surface area (Å²) >= 11 is 3.36. The molecule has 1 fully saturated rings. The average Bonchev–Trinajstić information content (AvgIpc) is 2.47. The van der Waals surface area contributed by atoms with E-state index in [9.17, 15) is 0 Å². The molecule has 0 unspecified atom stereocenters. The van der Waals surface area contributed by atoms with Crippen LogP contribution >= 0.6 is 15.9 Å². The van der Waals surface area contributed by atoms with E-state index in [4.69, 9.17) is 0 Å². The Labute approximate surface area is 106 Å². The van der Waals surface area contributed by atoms with Crippen LogP contribution in [0.1, 0.15) is 12.0 Å². The maximum atomic E-state index is 4.26. The Morgan fingerprint density at radius 1 is 1.25 bits per heavy atom. The lowest BCUT2D eigenvalue weighted by Gasteiger charge is -2.19. The first-order chi connectivity index (χ1) is 7.74. The SMILES string of the molecule is CN1CCCN(Cc2ccc(Br)nc2)CC1. The van der Waals surface area contributed by atoms with E-state index >= 15 is 0 Å². The van der Waals surface area contributed by atoms with Gasteiger partial charge in [-0.3, -0.25) is 4.90 Å². The number of rotatable bonds is 2. The number of pyridine rings is 1. The second-order valence-corrected chi connectivity index (χ2v) is 5.23. The van der Waals surface area contributed by atoms with Gasteiger partial charge in [0.15, 0.2) is 0 Å². The lowest BCUT2D eigenvalue weighted by molar-refractivity contribution is 0.269. The summed E-state index contributed by atoms with van der Waals surface area (Å²) in [7, 11) is 2.20. The predicted octanol–water partition coefficient (Wildman–Crippen LogP) is 1.98. The van der Waals surface area contributed by atoms with Gasteiger partial charge < -0.3 is 4.90 Å². The predicted molar refractivity (Wildman–Crippen MR) is 69.3 cm³/mol. The summed E-state index contributed by atoms with van der Waals surface area (Å²) in [6.45, 7) is 5.76. The van der Waals surface area contributed by atoms with Crippen molar-refractivity contribution >= 4 is 15.9 Å². The first-order valence-electron chi connectivity index (χ1n) is 5.75. The van der Waals surface area contributed by atoms with Crippen LogP contribution in [0.5, 0.6) is 0 Å². The van der Waals surface area contributed by atoms with Crippen LogP contribution in [0.2, 0.25) is 0 Å². The number of likely N-dealkylation sites (N-methyl/N-ethyl adjacent to an activating group) is 1. The minimum absolute atomic E-state index is 0.909. The molecule has 3 nitrogen and oxygen atoms in total. The summed E-state index contributed by atoms with van der Waals surface area (Å²) < 4.78 is 0.909. The van der Waals surface area contributed by atoms with E-state index in [2.05, 4.69) is 43.8 Å². The van der Waals surface area contributed by atoms with Gasteiger partial charge in [-0.25, -0.2) is 4.98 Å². The van der Waals surface area contributed by atoms with Gasteiger partial charge in [0, 0.05) is 25.8 Å². The Morgan fingerprint density at radius 3 is 2.88 bits per heavy atom. The van der Waals surface area contributed by atoms with E-state index in [1.807, 2.05) is 12.3 Å². The van der Waals surface area contributed by atoms with Gasteiger partial charge in [-0.05, 0) is 54.1 Å². The van der Waals surface area contributed by atoms with Gasteiger partial charge in [0.25, 0.3) is 0 Å². The molecule has 1 saturated heterocycles. The fourth-order valence-corrected chi connectivity index (χ4v) is 2.25. The fourth-order valence-electron chi connectivity index (χ4n) is 2.02. The van der Waals surface area contributed by atoms with Crippen molar-refractivity contribution in [3.05, 3.63) is 28.5 Å². The highest BCUT2D eigenvalue weighted by molar-refractivity contribution is 9.10. The third kappa shape index (κ3) is 3.54. The molecular formula is C12H18BrN3. The minimum atomic E-state index is 0.909. The molecule has 1 aromatic rings. The van der Waals surface area contributed by atoms with E-state index in [0.717, 1.165) is 17.7 Å². The first-order valence-corrected chi connectivity index (χ1v) is 6.55. The van der Waals surface area contributed by atoms with E-state index in [1.54, 1.807) is 0 Å². The lowest BCUT2D eigenvalue weighted by Crippen LogP contribution is -2.28. The van der Waals surface area contributed by atoms with Crippen LogP contribution in [0, 0.1) is 0 Å². The normalized spacial score (nSPS) is 19.6. The standard InChI is InChI=1S/C12H18BrN3/c1-15-5-2-6-16(8-7-15)10-11-3-4-12(13)14-9-11/h3-4,9H,2,5-8,10H2,1H3. The van der Waals surface area contributed by atoms with Crippen LogP contribution in [0.15, 0.2) is 22.9 Å². The summed E-state index contributed by atoms with van der Waals surface area (Å²) in [5, 5.41) is 0. The van der Waals surface area contributed by atoms with E-state index in [-0.39, 0.29) is 0 Å². The molecular weight excluding hydrogens is 266 g/mol. The highest BCUT2D eigenvalue weighted by Gasteiger charge is 2.12. The summed E-state index contributed by atoms with van der Waals surface area (Å²) in [6, 6.07) is 4.16. The molecule has 0 N–H and O–H groups in total. The zero-order valence-corrected chi connectivity index (χ0v) is 11.3. The third-order valence-corrected chi connectivity index (χ3v) is 3.48. The van der Waals surface area contributed by atoms with Crippen molar-refractivity contribution in [2.45, 2.75) is 13.0 Å². The van der Waals surface area contributed by atoms with Crippen molar-refractivity contribution in [2.75, 3.05) is 33.2 Å². The topological polar surface area (TPSA) is 19.4 Å². The van der Waals surface area contributed by atoms with Crippen molar-refractivity contribution in [3.8, 4) is 0 Å². The molecule has 1 aliphatic heterocycles. The number of hydrogen-bond donors (Lipinski definition) is 0. The molecule has 0 aromatic carbocycles. The summed E-state index contributed by atoms with van der Waals surface area (Å²) in [4.78, 5) is 9.17. The fraction of sp³-hybridized carbons (Fsp3) is 0.583. The lowest BCUT2D eigenvalue weighted by atomic mass is 10.2. The minimum Gasteiger partial charge on any atom is -0.305 e. The molecule has 0 saturated carbocycles. The van der Waals surface area contributed by atoms with Crippen molar-refractivity contribution in [1.82, 2.24) is 14.8 Å². The molecule has 4 heteroatoms. The highest BCUT2D eigenvalue weighted by atomic mass is 79.9. The number of nitrogens with zero attached hydrogens (tertiary/aromatic N) is 3. The highest BCUT2D eigenvalue weighted by Crippen LogP contribution is 2.10. The molecule has 1 aromatic heterocycles. The maximum Gasteiger partial charge on any atom is 0.106 e. The van der Waals surface area contributed by atoms with Crippen LogP contribution in [-0.2, 0) is 6.54 Å². The third-order valence-electron chi connectivity index (χ3n) is 3.01. The second kappa shape index (κ2) is 5.75. The van der Waals surface area contributed by atoms with E-state index in [0.29, 0.717) is 0 Å². The molecule has 0 radical (unpaired) electrons. The molecule has 88 valence electrons. The van der Waals surface area contributed by atoms with Crippen LogP contribution in [-0.4, -0.2) is 48.0 Å². The Kier molecular flexibility index (Phi) is 4.32. The Morgan fingerprint density at radius 2 is 2.12 bits per heavy atom. The van der Waals surface area contributed by atoms with Crippen molar-refractivity contribution in [3.63, 3.8) is 0 Å². The molecule has 0 amide bonds. The van der Waals surface area contributed by atoms with Crippen LogP contribution in [0.25, 0.3) is 0 Å². The van der Waals surface area contributed by atoms with Gasteiger partial charge in [0.05, 0.1) is 0 Å². The number of hydrogen-bond acceptors (Lipinski definition) is 3. The van der Waals surface area contributed by atoms with Crippen molar-refractivity contribution < 1.29 is 0 Å². The smallest absolute Gasteiger partial charge is 0.106 e. The first kappa shape index (κ1) is 12.0. The van der Waals surface area contributed by atoms with Crippen LogP contribution in [0.3, 0.4) is 0 Å². The number of aromatic nitrogens is 1. The van der Waals surface area contributed by atoms with Crippen molar-refractivity contribution in [2.24, 2.45) is 0 Å². The average molecular weight is 284 g/mol. The van der Waals surface area contributed by atoms with Gasteiger partial charge in [-0.1, -0.05) is 6.07 Å². The quantitative estimate of drug-likeness (QED) is 0.774. The van der Waals surface area contributed by atoms with Gasteiger partial charge in [0.1, 0.15) is 4.60 Å². The molecule has 0 bridgehead atoms. The Bertz CT molecular complexity index is 326. The molecule has 1 aliphatic rings. The largest absolute Gasteiger partial charge is 0.305 e. The zero-order chi connectivity index (χ0) is 11.4. The maximum absolute atomic E-state index is 4.26. The van der Waals surface area contributed by atoms with Gasteiger partial charge >= 0.3 is 0 Å². The Hall–Kier alpha value is -0.450. The zero-order valence-electron chi connectivity index (χ0n) is 9.69. The number of halogens is 1. The molecule has 0 spiro atoms. The Balaban J connectivity index is 1.91. The second-order valence-electron chi connectivity index (χ2n) is 4.42. The van der Waals surface area contributed by atoms with Crippen LogP contribution < -0.4 is 0 Å². The van der Waals surface area contributed by atoms with E-state index in [1.165, 1.54) is 31.6 Å². The molecule has 16 heavy (non-hydrogen) atoms. The van der Waals surface area contributed by atoms with Crippen molar-refractivity contribution in [1.29, 1.82) is 0 Å². The van der Waals surface area contributed by atoms with Gasteiger partial charge in [-0.15, -0.1) is 0 Å². The molecule has 0 atom stereocenters. The van der Waals surface area contributed by atoms with E-state index < -0.39 is 0 Å². The summed E-state index contributed by atoms with van der Waals surface area (Å²) in [6.07, 6.45) is 3.22. The monoisotopic (exact) mass is 283 g/mol. The van der Waals surface area contributed by atoms with Gasteiger partial charge in [-0.2, -0.15) is 0 Å². The van der Waals surface area contributed by atoms with Gasteiger partial charge in [0.2, 0.25) is 0 Å².